The Bertz CT molecular complexity index is 894. The Morgan fingerprint density at radius 2 is 1.86 bits per heavy atom. The van der Waals surface area contributed by atoms with E-state index < -0.39 is 5.97 Å². The molecule has 3 rings (SSSR count). The van der Waals surface area contributed by atoms with Gasteiger partial charge in [0.2, 0.25) is 5.91 Å². The maximum absolute atomic E-state index is 12.5. The summed E-state index contributed by atoms with van der Waals surface area (Å²) in [6.07, 6.45) is 0.360. The van der Waals surface area contributed by atoms with Gasteiger partial charge in [-0.15, -0.1) is 0 Å². The summed E-state index contributed by atoms with van der Waals surface area (Å²) in [6, 6.07) is 14.0. The van der Waals surface area contributed by atoms with Crippen molar-refractivity contribution < 1.29 is 23.9 Å². The van der Waals surface area contributed by atoms with E-state index in [0.29, 0.717) is 26.1 Å². The first kappa shape index (κ1) is 20.4. The van der Waals surface area contributed by atoms with Crippen LogP contribution in [0.25, 0.3) is 0 Å². The van der Waals surface area contributed by atoms with Gasteiger partial charge in [0.05, 0.1) is 12.2 Å². The van der Waals surface area contributed by atoms with Crippen LogP contribution in [0.3, 0.4) is 0 Å². The Morgan fingerprint density at radius 3 is 2.55 bits per heavy atom. The van der Waals surface area contributed by atoms with Gasteiger partial charge in [0, 0.05) is 38.0 Å². The molecule has 152 valence electrons. The summed E-state index contributed by atoms with van der Waals surface area (Å²) >= 11 is 0. The number of esters is 1. The molecule has 1 unspecified atom stereocenters. The van der Waals surface area contributed by atoms with E-state index in [1.165, 1.54) is 6.92 Å². The predicted molar refractivity (Wildman–Crippen MR) is 108 cm³/mol. The van der Waals surface area contributed by atoms with Crippen LogP contribution in [0, 0.1) is 5.92 Å². The summed E-state index contributed by atoms with van der Waals surface area (Å²) in [4.78, 5) is 37.9. The average molecular weight is 396 g/mol. The van der Waals surface area contributed by atoms with Crippen molar-refractivity contribution in [2.24, 2.45) is 5.92 Å². The maximum atomic E-state index is 12.5. The summed E-state index contributed by atoms with van der Waals surface area (Å²) in [5, 5.41) is 2.84. The molecule has 1 aliphatic rings. The van der Waals surface area contributed by atoms with Crippen molar-refractivity contribution in [2.45, 2.75) is 20.3 Å². The molecule has 0 aromatic heterocycles. The first-order valence-electron chi connectivity index (χ1n) is 9.56. The minimum Gasteiger partial charge on any atom is -0.494 e. The Morgan fingerprint density at radius 1 is 1.14 bits per heavy atom. The van der Waals surface area contributed by atoms with Gasteiger partial charge in [-0.1, -0.05) is 12.1 Å². The Balaban J connectivity index is 1.59. The number of carbonyl (C=O) groups is 3. The van der Waals surface area contributed by atoms with E-state index >= 15 is 0 Å². The molecular formula is C22H24N2O5. The van der Waals surface area contributed by atoms with Crippen LogP contribution in [0.1, 0.15) is 30.6 Å². The molecule has 1 aliphatic heterocycles. The van der Waals surface area contributed by atoms with Crippen LogP contribution >= 0.6 is 0 Å². The monoisotopic (exact) mass is 396 g/mol. The molecule has 29 heavy (non-hydrogen) atoms. The Hall–Kier alpha value is -3.35. The molecule has 2 aromatic carbocycles. The standard InChI is InChI=1S/C22H24N2O5/c1-3-28-18-10-8-17(9-11-18)24-14-16(12-21(24)26)13-23-22(27)19-6-4-5-7-20(19)29-15(2)25/h4-11,16H,3,12-14H2,1-2H3,(H,23,27). The van der Waals surface area contributed by atoms with Crippen LogP contribution in [0.15, 0.2) is 48.5 Å². The highest BCUT2D eigenvalue weighted by molar-refractivity contribution is 5.98. The number of anilines is 1. The number of carbonyl (C=O) groups excluding carboxylic acids is 3. The number of nitrogens with one attached hydrogen (secondary N) is 1. The molecule has 1 atom stereocenters. The fourth-order valence-corrected chi connectivity index (χ4v) is 3.29. The minimum atomic E-state index is -0.488. The van der Waals surface area contributed by atoms with Crippen LogP contribution in [-0.2, 0) is 9.59 Å². The van der Waals surface area contributed by atoms with Crippen LogP contribution in [0.5, 0.6) is 11.5 Å². The molecule has 1 heterocycles. The van der Waals surface area contributed by atoms with Gasteiger partial charge in [0.1, 0.15) is 11.5 Å². The van der Waals surface area contributed by atoms with E-state index in [1.807, 2.05) is 31.2 Å². The number of hydrogen-bond acceptors (Lipinski definition) is 5. The van der Waals surface area contributed by atoms with Crippen LogP contribution in [0.2, 0.25) is 0 Å². The van der Waals surface area contributed by atoms with Crippen molar-refractivity contribution >= 4 is 23.5 Å². The summed E-state index contributed by atoms with van der Waals surface area (Å²) in [5.41, 5.74) is 1.10. The third-order valence-electron chi connectivity index (χ3n) is 4.60. The van der Waals surface area contributed by atoms with Crippen LogP contribution in [0.4, 0.5) is 5.69 Å². The van der Waals surface area contributed by atoms with Gasteiger partial charge in [-0.3, -0.25) is 14.4 Å². The average Bonchev–Trinajstić information content (AvgIpc) is 3.07. The van der Waals surface area contributed by atoms with Gasteiger partial charge in [-0.2, -0.15) is 0 Å². The molecule has 0 aliphatic carbocycles. The molecule has 0 spiro atoms. The molecule has 0 bridgehead atoms. The number of hydrogen-bond donors (Lipinski definition) is 1. The number of amides is 2. The molecule has 7 heteroatoms. The van der Waals surface area contributed by atoms with Crippen LogP contribution < -0.4 is 19.7 Å². The largest absolute Gasteiger partial charge is 0.494 e. The zero-order valence-electron chi connectivity index (χ0n) is 16.5. The molecule has 7 nitrogen and oxygen atoms in total. The third kappa shape index (κ3) is 5.13. The van der Waals surface area contributed by atoms with Crippen molar-refractivity contribution in [3.63, 3.8) is 0 Å². The number of ether oxygens (including phenoxy) is 2. The van der Waals surface area contributed by atoms with Gasteiger partial charge >= 0.3 is 5.97 Å². The summed E-state index contributed by atoms with van der Waals surface area (Å²) in [5.74, 6) is 0.174. The Kier molecular flexibility index (Phi) is 6.49. The number of benzene rings is 2. The molecule has 2 amide bonds. The highest BCUT2D eigenvalue weighted by Crippen LogP contribution is 2.27. The van der Waals surface area contributed by atoms with Gasteiger partial charge in [0.15, 0.2) is 0 Å². The van der Waals surface area contributed by atoms with E-state index in [1.54, 1.807) is 29.2 Å². The van der Waals surface area contributed by atoms with Gasteiger partial charge in [-0.05, 0) is 43.3 Å². The topological polar surface area (TPSA) is 84.9 Å². The molecule has 1 saturated heterocycles. The maximum Gasteiger partial charge on any atom is 0.308 e. The minimum absolute atomic E-state index is 0.00101. The van der Waals surface area contributed by atoms with Gasteiger partial charge in [0.25, 0.3) is 5.91 Å². The molecule has 2 aromatic rings. The predicted octanol–water partition coefficient (Wildman–Crippen LogP) is 2.79. The number of para-hydroxylation sites is 1. The second-order valence-corrected chi connectivity index (χ2v) is 6.80. The SMILES string of the molecule is CCOc1ccc(N2CC(CNC(=O)c3ccccc3OC(C)=O)CC2=O)cc1. The molecule has 0 saturated carbocycles. The highest BCUT2D eigenvalue weighted by Gasteiger charge is 2.31. The van der Waals surface area contributed by atoms with Crippen molar-refractivity contribution in [3.05, 3.63) is 54.1 Å². The van der Waals surface area contributed by atoms with E-state index in [9.17, 15) is 14.4 Å². The molecule has 0 radical (unpaired) electrons. The number of rotatable bonds is 7. The van der Waals surface area contributed by atoms with Crippen molar-refractivity contribution in [1.29, 1.82) is 0 Å². The second-order valence-electron chi connectivity index (χ2n) is 6.80. The van der Waals surface area contributed by atoms with Crippen molar-refractivity contribution in [1.82, 2.24) is 5.32 Å². The fraction of sp³-hybridized carbons (Fsp3) is 0.318. The highest BCUT2D eigenvalue weighted by atomic mass is 16.5. The third-order valence-corrected chi connectivity index (χ3v) is 4.60. The summed E-state index contributed by atoms with van der Waals surface area (Å²) in [7, 11) is 0. The lowest BCUT2D eigenvalue weighted by Crippen LogP contribution is -2.31. The zero-order valence-corrected chi connectivity index (χ0v) is 16.5. The summed E-state index contributed by atoms with van der Waals surface area (Å²) in [6.45, 7) is 4.67. The Labute approximate surface area is 169 Å². The van der Waals surface area contributed by atoms with E-state index in [-0.39, 0.29) is 29.0 Å². The van der Waals surface area contributed by atoms with Gasteiger partial charge in [-0.25, -0.2) is 0 Å². The van der Waals surface area contributed by atoms with Crippen molar-refractivity contribution in [2.75, 3.05) is 24.6 Å². The lowest BCUT2D eigenvalue weighted by atomic mass is 10.1. The second kappa shape index (κ2) is 9.23. The molecule has 1 N–H and O–H groups in total. The molecule has 1 fully saturated rings. The first-order valence-corrected chi connectivity index (χ1v) is 9.56. The van der Waals surface area contributed by atoms with E-state index in [4.69, 9.17) is 9.47 Å². The lowest BCUT2D eigenvalue weighted by Gasteiger charge is -2.17. The van der Waals surface area contributed by atoms with Crippen LogP contribution in [-0.4, -0.2) is 37.5 Å². The van der Waals surface area contributed by atoms with E-state index in [0.717, 1.165) is 11.4 Å². The number of nitrogens with zero attached hydrogens (tertiary/aromatic N) is 1. The van der Waals surface area contributed by atoms with Gasteiger partial charge < -0.3 is 19.7 Å². The summed E-state index contributed by atoms with van der Waals surface area (Å²) < 4.78 is 10.5. The van der Waals surface area contributed by atoms with Crippen molar-refractivity contribution in [3.8, 4) is 11.5 Å². The zero-order chi connectivity index (χ0) is 20.8. The normalized spacial score (nSPS) is 15.9. The molecular weight excluding hydrogens is 372 g/mol. The lowest BCUT2D eigenvalue weighted by molar-refractivity contribution is -0.131. The quantitative estimate of drug-likeness (QED) is 0.575. The fourth-order valence-electron chi connectivity index (χ4n) is 3.29. The smallest absolute Gasteiger partial charge is 0.308 e. The first-order chi connectivity index (χ1) is 14.0. The van der Waals surface area contributed by atoms with E-state index in [2.05, 4.69) is 5.32 Å².